The first-order chi connectivity index (χ1) is 19.7. The maximum absolute atomic E-state index is 11.7. The maximum Gasteiger partial charge on any atom is 0.219 e. The van der Waals surface area contributed by atoms with Crippen LogP contribution in [0.4, 0.5) is 0 Å². The molecule has 0 radical (unpaired) electrons. The number of allylic oxidation sites excluding steroid dienone is 2. The lowest BCUT2D eigenvalue weighted by atomic mass is 10.1. The Bertz CT molecular complexity index is 777. The summed E-state index contributed by atoms with van der Waals surface area (Å²) < 4.78 is 0. The number of hydrogen-bond donors (Lipinski definition) is 4. The summed E-state index contributed by atoms with van der Waals surface area (Å²) in [6, 6.07) is -0.0300. The topological polar surface area (TPSA) is 130 Å². The largest absolute Gasteiger partial charge is 0.370 e. The zero-order chi connectivity index (χ0) is 30.6. The van der Waals surface area contributed by atoms with Gasteiger partial charge in [0.1, 0.15) is 0 Å². The van der Waals surface area contributed by atoms with Gasteiger partial charge in [0.2, 0.25) is 23.6 Å². The summed E-state index contributed by atoms with van der Waals surface area (Å²) in [5.41, 5.74) is 5.16. The summed E-state index contributed by atoms with van der Waals surface area (Å²) in [5.74, 6) is 1.36. The van der Waals surface area contributed by atoms with E-state index in [1.807, 2.05) is 0 Å². The molecular formula is C31H56N4O4S2. The fourth-order valence-electron chi connectivity index (χ4n) is 4.23. The first-order valence-corrected chi connectivity index (χ1v) is 17.8. The summed E-state index contributed by atoms with van der Waals surface area (Å²) in [6.45, 7) is 3.09. The molecule has 0 aromatic heterocycles. The Labute approximate surface area is 257 Å². The van der Waals surface area contributed by atoms with E-state index >= 15 is 0 Å². The number of carbonyl (C=O) groups is 4. The second kappa shape index (κ2) is 28.2. The van der Waals surface area contributed by atoms with Crippen LogP contribution in [0.2, 0.25) is 0 Å². The molecule has 0 aliphatic rings. The molecule has 0 bridgehead atoms. The Hall–Kier alpha value is -1.94. The Balaban J connectivity index is 4.18. The highest BCUT2D eigenvalue weighted by Crippen LogP contribution is 2.24. The standard InChI is InChI=1S/C31H56N4O4S2/c1-26(36)34-28(20-16-12-8-4-6-10-14-18-22-30(32)38)24-40-41-25-29(35-27(2)37)21-17-13-9-5-7-11-15-19-23-31(39)33-3/h16-17,20-21,28-29H,4-15,18-19,22-25H2,1-3H3,(H2,32,38)(H,33,39)(H,34,36)(H,35,37)/b20-16+,21-17+/t28-,29?/m1/s1. The predicted molar refractivity (Wildman–Crippen MR) is 176 cm³/mol. The average Bonchev–Trinajstić information content (AvgIpc) is 2.91. The zero-order valence-corrected chi connectivity index (χ0v) is 27.4. The van der Waals surface area contributed by atoms with Gasteiger partial charge in [0.05, 0.1) is 12.1 Å². The Morgan fingerprint density at radius 1 is 0.634 bits per heavy atom. The van der Waals surface area contributed by atoms with Crippen LogP contribution in [0.25, 0.3) is 0 Å². The first-order valence-electron chi connectivity index (χ1n) is 15.3. The molecule has 1 unspecified atom stereocenters. The molecule has 0 aromatic rings. The van der Waals surface area contributed by atoms with Crippen LogP contribution in [-0.2, 0) is 19.2 Å². The molecule has 0 saturated heterocycles. The molecule has 2 atom stereocenters. The lowest BCUT2D eigenvalue weighted by Gasteiger charge is -2.16. The van der Waals surface area contributed by atoms with Gasteiger partial charge in [0, 0.05) is 45.2 Å². The van der Waals surface area contributed by atoms with E-state index in [0.29, 0.717) is 12.8 Å². The van der Waals surface area contributed by atoms with Gasteiger partial charge in [-0.2, -0.15) is 0 Å². The highest BCUT2D eigenvalue weighted by Gasteiger charge is 2.10. The van der Waals surface area contributed by atoms with Crippen LogP contribution in [0.5, 0.6) is 0 Å². The van der Waals surface area contributed by atoms with Gasteiger partial charge < -0.3 is 21.7 Å². The summed E-state index contributed by atoms with van der Waals surface area (Å²) in [6.07, 6.45) is 24.8. The van der Waals surface area contributed by atoms with E-state index in [1.165, 1.54) is 25.7 Å². The quantitative estimate of drug-likeness (QED) is 0.0514. The fourth-order valence-corrected chi connectivity index (χ4v) is 6.56. The van der Waals surface area contributed by atoms with E-state index in [9.17, 15) is 19.2 Å². The molecule has 4 amide bonds. The minimum atomic E-state index is -0.217. The number of rotatable bonds is 27. The van der Waals surface area contributed by atoms with E-state index in [4.69, 9.17) is 5.73 Å². The molecule has 0 rings (SSSR count). The fraction of sp³-hybridized carbons (Fsp3) is 0.742. The smallest absolute Gasteiger partial charge is 0.219 e. The van der Waals surface area contributed by atoms with Crippen LogP contribution in [0, 0.1) is 0 Å². The van der Waals surface area contributed by atoms with Gasteiger partial charge in [-0.15, -0.1) is 0 Å². The van der Waals surface area contributed by atoms with Gasteiger partial charge in [0.15, 0.2) is 0 Å². The molecule has 10 heteroatoms. The molecule has 0 fully saturated rings. The van der Waals surface area contributed by atoms with Crippen molar-refractivity contribution in [1.82, 2.24) is 16.0 Å². The monoisotopic (exact) mass is 612 g/mol. The van der Waals surface area contributed by atoms with Gasteiger partial charge >= 0.3 is 0 Å². The minimum absolute atomic E-state index is 0.0136. The van der Waals surface area contributed by atoms with Crippen molar-refractivity contribution in [3.63, 3.8) is 0 Å². The number of hydrogen-bond acceptors (Lipinski definition) is 6. The van der Waals surface area contributed by atoms with Gasteiger partial charge in [-0.05, 0) is 38.5 Å². The van der Waals surface area contributed by atoms with E-state index in [1.54, 1.807) is 42.5 Å². The first kappa shape index (κ1) is 39.1. The van der Waals surface area contributed by atoms with Crippen molar-refractivity contribution < 1.29 is 19.2 Å². The van der Waals surface area contributed by atoms with Crippen molar-refractivity contribution in [1.29, 1.82) is 0 Å². The van der Waals surface area contributed by atoms with Crippen LogP contribution in [0.15, 0.2) is 24.3 Å². The Kier molecular flexibility index (Phi) is 26.9. The molecule has 236 valence electrons. The third kappa shape index (κ3) is 29.4. The summed E-state index contributed by atoms with van der Waals surface area (Å²) in [7, 11) is 5.09. The number of amides is 4. The van der Waals surface area contributed by atoms with E-state index in [-0.39, 0.29) is 35.7 Å². The van der Waals surface area contributed by atoms with Crippen molar-refractivity contribution in [3.05, 3.63) is 24.3 Å². The van der Waals surface area contributed by atoms with Crippen LogP contribution < -0.4 is 21.7 Å². The van der Waals surface area contributed by atoms with Gasteiger partial charge in [-0.1, -0.05) is 97.3 Å². The van der Waals surface area contributed by atoms with Crippen molar-refractivity contribution in [3.8, 4) is 0 Å². The summed E-state index contributed by atoms with van der Waals surface area (Å²) in [5, 5.41) is 8.69. The minimum Gasteiger partial charge on any atom is -0.370 e. The highest BCUT2D eigenvalue weighted by molar-refractivity contribution is 8.76. The number of nitrogens with one attached hydrogen (secondary N) is 3. The number of nitrogens with two attached hydrogens (primary N) is 1. The zero-order valence-electron chi connectivity index (χ0n) is 25.7. The van der Waals surface area contributed by atoms with Crippen LogP contribution >= 0.6 is 21.6 Å². The third-order valence-electron chi connectivity index (χ3n) is 6.44. The Morgan fingerprint density at radius 3 is 1.41 bits per heavy atom. The van der Waals surface area contributed by atoms with E-state index in [0.717, 1.165) is 75.7 Å². The molecule has 0 aliphatic heterocycles. The highest BCUT2D eigenvalue weighted by atomic mass is 33.1. The molecule has 8 nitrogen and oxygen atoms in total. The van der Waals surface area contributed by atoms with Crippen molar-refractivity contribution in [2.45, 2.75) is 129 Å². The molecular weight excluding hydrogens is 556 g/mol. The molecule has 5 N–H and O–H groups in total. The van der Waals surface area contributed by atoms with Gasteiger partial charge in [-0.3, -0.25) is 19.2 Å². The SMILES string of the molecule is CNC(=O)CCCCCCCC/C=C/C(CSSC[C@@H](/C=C/CCCCCCCCC(N)=O)NC(C)=O)NC(C)=O. The van der Waals surface area contributed by atoms with Crippen molar-refractivity contribution in [2.24, 2.45) is 5.73 Å². The number of primary amides is 1. The summed E-state index contributed by atoms with van der Waals surface area (Å²) >= 11 is 0. The second-order valence-corrected chi connectivity index (χ2v) is 13.1. The van der Waals surface area contributed by atoms with Crippen molar-refractivity contribution in [2.75, 3.05) is 18.6 Å². The lowest BCUT2D eigenvalue weighted by Crippen LogP contribution is -2.34. The average molecular weight is 613 g/mol. The molecule has 0 spiro atoms. The lowest BCUT2D eigenvalue weighted by molar-refractivity contribution is -0.121. The summed E-state index contributed by atoms with van der Waals surface area (Å²) in [4.78, 5) is 45.3. The number of carbonyl (C=O) groups excluding carboxylic acids is 4. The maximum atomic E-state index is 11.7. The van der Waals surface area contributed by atoms with E-state index in [2.05, 4.69) is 40.3 Å². The molecule has 41 heavy (non-hydrogen) atoms. The Morgan fingerprint density at radius 2 is 1.02 bits per heavy atom. The molecule has 0 aliphatic carbocycles. The van der Waals surface area contributed by atoms with Crippen molar-refractivity contribution >= 4 is 45.2 Å². The molecule has 0 heterocycles. The normalized spacial score (nSPS) is 12.9. The molecule has 0 saturated carbocycles. The van der Waals surface area contributed by atoms with E-state index < -0.39 is 0 Å². The van der Waals surface area contributed by atoms with Crippen LogP contribution in [0.3, 0.4) is 0 Å². The van der Waals surface area contributed by atoms with Crippen LogP contribution in [0.1, 0.15) is 117 Å². The predicted octanol–water partition coefficient (Wildman–Crippen LogP) is 5.96. The van der Waals surface area contributed by atoms with Crippen LogP contribution in [-0.4, -0.2) is 54.3 Å². The molecule has 0 aromatic carbocycles. The third-order valence-corrected chi connectivity index (χ3v) is 8.91. The van der Waals surface area contributed by atoms with Gasteiger partial charge in [0.25, 0.3) is 0 Å². The second-order valence-electron chi connectivity index (χ2n) is 10.5. The van der Waals surface area contributed by atoms with Gasteiger partial charge in [-0.25, -0.2) is 0 Å². The number of unbranched alkanes of at least 4 members (excludes halogenated alkanes) is 12.